The molecule has 0 radical (unpaired) electrons. The molecule has 264 valence electrons. The van der Waals surface area contributed by atoms with Crippen molar-refractivity contribution in [3.8, 4) is 22.7 Å². The molecule has 11 heteroatoms. The van der Waals surface area contributed by atoms with Crippen molar-refractivity contribution in [3.63, 3.8) is 0 Å². The zero-order chi connectivity index (χ0) is 35.9. The van der Waals surface area contributed by atoms with Gasteiger partial charge in [0.2, 0.25) is 15.0 Å². The van der Waals surface area contributed by atoms with E-state index < -0.39 is 40.9 Å². The minimum Gasteiger partial charge on any atom is -0.352 e. The van der Waals surface area contributed by atoms with Crippen LogP contribution in [-0.2, 0) is 9.84 Å². The molecule has 0 N–H and O–H groups in total. The Morgan fingerprint density at radius 3 is 2.34 bits per heavy atom. The Kier molecular flexibility index (Phi) is 8.82. The molecule has 4 heterocycles. The number of piperidine rings is 1. The molecule has 3 aliphatic rings. The van der Waals surface area contributed by atoms with Crippen molar-refractivity contribution in [2.45, 2.75) is 108 Å². The Labute approximate surface area is 294 Å². The van der Waals surface area contributed by atoms with Crippen LogP contribution in [0.1, 0.15) is 91.6 Å². The van der Waals surface area contributed by atoms with Crippen LogP contribution in [0.25, 0.3) is 32.9 Å². The topological polar surface area (TPSA) is 76.0 Å². The summed E-state index contributed by atoms with van der Waals surface area (Å²) >= 11 is 0. The second-order valence-corrected chi connectivity index (χ2v) is 23.2. The van der Waals surface area contributed by atoms with Crippen molar-refractivity contribution in [1.29, 1.82) is 0 Å². The molecule has 6 nitrogen and oxygen atoms in total. The van der Waals surface area contributed by atoms with Crippen LogP contribution in [0.2, 0.25) is 16.6 Å². The molecular formula is C39H45F3N4O2SSi. The van der Waals surface area contributed by atoms with Gasteiger partial charge in [-0.3, -0.25) is 0 Å². The quantitative estimate of drug-likeness (QED) is 0.112. The minimum absolute atomic E-state index is 0.0102. The molecule has 2 aromatic carbocycles. The highest BCUT2D eigenvalue weighted by Crippen LogP contribution is 2.50. The molecular weight excluding hydrogens is 674 g/mol. The van der Waals surface area contributed by atoms with Gasteiger partial charge in [-0.25, -0.2) is 36.5 Å². The first-order chi connectivity index (χ1) is 23.7. The van der Waals surface area contributed by atoms with Gasteiger partial charge in [-0.1, -0.05) is 78.7 Å². The van der Waals surface area contributed by atoms with E-state index >= 15 is 13.2 Å². The zero-order valence-corrected chi connectivity index (χ0v) is 31.6. The summed E-state index contributed by atoms with van der Waals surface area (Å²) in [7, 11) is -6.25. The van der Waals surface area contributed by atoms with E-state index in [9.17, 15) is 8.42 Å². The highest BCUT2D eigenvalue weighted by Gasteiger charge is 2.46. The molecule has 2 fully saturated rings. The monoisotopic (exact) mass is 718 g/mol. The van der Waals surface area contributed by atoms with Gasteiger partial charge < -0.3 is 4.90 Å². The highest BCUT2D eigenvalue weighted by molar-refractivity contribution is 7.91. The summed E-state index contributed by atoms with van der Waals surface area (Å²) in [5.41, 5.74) is 4.43. The van der Waals surface area contributed by atoms with Gasteiger partial charge in [0.1, 0.15) is 37.1 Å². The lowest BCUT2D eigenvalue weighted by atomic mass is 9.87. The van der Waals surface area contributed by atoms with Crippen molar-refractivity contribution in [2.24, 2.45) is 11.8 Å². The van der Waals surface area contributed by atoms with E-state index in [0.717, 1.165) is 19.3 Å². The first-order valence-electron chi connectivity index (χ1n) is 18.0. The molecule has 1 saturated heterocycles. The molecule has 0 unspecified atom stereocenters. The van der Waals surface area contributed by atoms with Crippen LogP contribution < -0.4 is 4.90 Å². The molecule has 2 bridgehead atoms. The summed E-state index contributed by atoms with van der Waals surface area (Å²) in [4.78, 5) is 15.6. The number of benzene rings is 2. The van der Waals surface area contributed by atoms with Gasteiger partial charge in [-0.05, 0) is 59.2 Å². The third-order valence-corrected chi connectivity index (χ3v) is 19.7. The van der Waals surface area contributed by atoms with Gasteiger partial charge in [-0.15, -0.1) is 5.54 Å². The van der Waals surface area contributed by atoms with Gasteiger partial charge in [-0.2, -0.15) is 0 Å². The Hall–Kier alpha value is -3.49. The first-order valence-corrected chi connectivity index (χ1v) is 21.9. The first kappa shape index (κ1) is 34.9. The lowest BCUT2D eigenvalue weighted by molar-refractivity contribution is 0.239. The maximum Gasteiger partial charge on any atom is 0.249 e. The Balaban J connectivity index is 1.54. The fraction of sp³-hybridized carbons (Fsp3) is 0.513. The van der Waals surface area contributed by atoms with Crippen molar-refractivity contribution >= 4 is 45.4 Å². The van der Waals surface area contributed by atoms with Crippen LogP contribution in [-0.4, -0.2) is 49.8 Å². The maximum absolute atomic E-state index is 17.2. The summed E-state index contributed by atoms with van der Waals surface area (Å²) in [6.45, 7) is 15.2. The molecule has 1 saturated carbocycles. The summed E-state index contributed by atoms with van der Waals surface area (Å²) in [6, 6.07) is 7.97. The largest absolute Gasteiger partial charge is 0.352 e. The smallest absolute Gasteiger partial charge is 0.249 e. The van der Waals surface area contributed by atoms with Crippen LogP contribution >= 0.6 is 0 Å². The molecule has 7 rings (SSSR count). The van der Waals surface area contributed by atoms with Crippen LogP contribution in [0.4, 0.5) is 19.0 Å². The standard InChI is InChI=1S/C39H45F3N4O2SSi/c1-8-49(47,48)39-44-37-33-36(30(41)19-31-26-13-12-24(18-26)20-46(31)38(33)45-39)43-35(34(37)42)28-11-9-10-25-14-15-29(40)27(32(25)28)16-17-50(21(2)3,22(4)5)23(6)7/h9-11,14-15,21-24,26,30-31H,8,12-13,18-20H2,1-7H3/t24-,26+,30+,31+/m0/s1. The lowest BCUT2D eigenvalue weighted by Crippen LogP contribution is -2.46. The van der Waals surface area contributed by atoms with E-state index in [4.69, 9.17) is 4.98 Å². The Morgan fingerprint density at radius 2 is 1.66 bits per heavy atom. The van der Waals surface area contributed by atoms with Crippen LogP contribution in [0.15, 0.2) is 35.5 Å². The summed E-state index contributed by atoms with van der Waals surface area (Å²) in [6.07, 6.45) is 1.51. The van der Waals surface area contributed by atoms with Gasteiger partial charge >= 0.3 is 0 Å². The number of sulfone groups is 1. The zero-order valence-electron chi connectivity index (χ0n) is 29.8. The fourth-order valence-electron chi connectivity index (χ4n) is 9.50. The average molecular weight is 719 g/mol. The lowest BCUT2D eigenvalue weighted by Gasteiger charge is -2.40. The van der Waals surface area contributed by atoms with Gasteiger partial charge in [0.15, 0.2) is 5.82 Å². The van der Waals surface area contributed by atoms with E-state index in [1.165, 1.54) is 13.0 Å². The molecule has 2 aromatic heterocycles. The van der Waals surface area contributed by atoms with E-state index in [0.29, 0.717) is 39.9 Å². The number of alkyl halides is 1. The van der Waals surface area contributed by atoms with E-state index in [-0.39, 0.29) is 63.4 Å². The second kappa shape index (κ2) is 12.6. The number of fused-ring (bicyclic) bond motifs is 6. The van der Waals surface area contributed by atoms with E-state index in [1.54, 1.807) is 18.2 Å². The predicted molar refractivity (Wildman–Crippen MR) is 196 cm³/mol. The van der Waals surface area contributed by atoms with Crippen molar-refractivity contribution < 1.29 is 21.6 Å². The number of rotatable bonds is 6. The van der Waals surface area contributed by atoms with E-state index in [2.05, 4.69) is 63.0 Å². The maximum atomic E-state index is 17.2. The van der Waals surface area contributed by atoms with Crippen molar-refractivity contribution in [2.75, 3.05) is 17.2 Å². The molecule has 50 heavy (non-hydrogen) atoms. The number of hydrogen-bond acceptors (Lipinski definition) is 6. The molecule has 1 aliphatic carbocycles. The van der Waals surface area contributed by atoms with Crippen LogP contribution in [0.5, 0.6) is 0 Å². The summed E-state index contributed by atoms with van der Waals surface area (Å²) in [5.74, 6) is 2.40. The van der Waals surface area contributed by atoms with Crippen molar-refractivity contribution in [3.05, 3.63) is 53.2 Å². The van der Waals surface area contributed by atoms with Gasteiger partial charge in [0, 0.05) is 30.0 Å². The number of halogens is 3. The van der Waals surface area contributed by atoms with Crippen molar-refractivity contribution in [1.82, 2.24) is 15.0 Å². The number of nitrogens with zero attached hydrogens (tertiary/aromatic N) is 4. The molecule has 0 amide bonds. The van der Waals surface area contributed by atoms with Crippen LogP contribution in [0, 0.1) is 34.9 Å². The average Bonchev–Trinajstić information content (AvgIpc) is 3.42. The van der Waals surface area contributed by atoms with Gasteiger partial charge in [0.25, 0.3) is 0 Å². The molecule has 0 spiro atoms. The second-order valence-electron chi connectivity index (χ2n) is 15.5. The minimum atomic E-state index is -3.96. The predicted octanol–water partition coefficient (Wildman–Crippen LogP) is 9.51. The number of pyridine rings is 1. The summed E-state index contributed by atoms with van der Waals surface area (Å²) < 4.78 is 76.5. The molecule has 2 aliphatic heterocycles. The Morgan fingerprint density at radius 1 is 0.940 bits per heavy atom. The number of hydrogen-bond donors (Lipinski definition) is 0. The number of anilines is 1. The van der Waals surface area contributed by atoms with Gasteiger partial charge in [0.05, 0.1) is 22.4 Å². The van der Waals surface area contributed by atoms with E-state index in [1.807, 2.05) is 11.0 Å². The van der Waals surface area contributed by atoms with Crippen LogP contribution in [0.3, 0.4) is 0 Å². The molecule has 4 aromatic rings. The normalized spacial score (nSPS) is 22.0. The highest BCUT2D eigenvalue weighted by atomic mass is 32.2. The molecule has 4 atom stereocenters. The third kappa shape index (κ3) is 5.35. The summed E-state index contributed by atoms with van der Waals surface area (Å²) in [5, 5.41) is 0.650. The fourth-order valence-corrected chi connectivity index (χ4v) is 15.4. The SMILES string of the molecule is CCS(=O)(=O)c1nc2c3c(nc(-c4cccc5ccc(F)c(C#C[Si](C(C)C)(C(C)C)C(C)C)c45)c(F)c3n1)[C@H](F)C[C@@H]1[C@@H]3CC[C@@H](C3)CN21. The third-order valence-electron chi connectivity index (χ3n) is 12.0. The Bertz CT molecular complexity index is 2180. The number of aromatic nitrogens is 3.